The molecule has 1 amide bonds. The zero-order valence-corrected chi connectivity index (χ0v) is 17.8. The molecule has 162 valence electrons. The monoisotopic (exact) mass is 421 g/mol. The maximum atomic E-state index is 13.1. The van der Waals surface area contributed by atoms with Crippen molar-refractivity contribution in [2.75, 3.05) is 45.2 Å². The maximum absolute atomic E-state index is 13.1. The third-order valence-corrected chi connectivity index (χ3v) is 6.30. The number of rotatable bonds is 5. The van der Waals surface area contributed by atoms with Crippen LogP contribution in [0.2, 0.25) is 0 Å². The van der Waals surface area contributed by atoms with Crippen LogP contribution in [-0.4, -0.2) is 67.3 Å². The van der Waals surface area contributed by atoms with Gasteiger partial charge in [0.2, 0.25) is 5.78 Å². The number of carbonyl (C=O) groups excluding carboxylic acids is 3. The lowest BCUT2D eigenvalue weighted by molar-refractivity contribution is -0.152. The van der Waals surface area contributed by atoms with E-state index < -0.39 is 17.7 Å². The molecule has 7 heteroatoms. The molecular weight excluding hydrogens is 394 g/mol. The normalized spacial score (nSPS) is 19.3. The Morgan fingerprint density at radius 2 is 1.74 bits per heavy atom. The van der Waals surface area contributed by atoms with E-state index in [2.05, 4.69) is 34.0 Å². The summed E-state index contributed by atoms with van der Waals surface area (Å²) in [4.78, 5) is 41.4. The summed E-state index contributed by atoms with van der Waals surface area (Å²) in [5.74, 6) is -2.13. The van der Waals surface area contributed by atoms with Crippen molar-refractivity contribution < 1.29 is 19.1 Å². The molecule has 2 heterocycles. The summed E-state index contributed by atoms with van der Waals surface area (Å²) in [6.07, 6.45) is 0. The number of hydrogen-bond donors (Lipinski definition) is 1. The van der Waals surface area contributed by atoms with Gasteiger partial charge in [0, 0.05) is 50.0 Å². The highest BCUT2D eigenvalue weighted by Gasteiger charge is 2.34. The van der Waals surface area contributed by atoms with Gasteiger partial charge in [-0.1, -0.05) is 30.3 Å². The first kappa shape index (κ1) is 21.1. The first-order valence-corrected chi connectivity index (χ1v) is 10.6. The van der Waals surface area contributed by atoms with Gasteiger partial charge >= 0.3 is 5.97 Å². The van der Waals surface area contributed by atoms with Crippen molar-refractivity contribution in [3.05, 3.63) is 65.2 Å². The molecule has 2 unspecified atom stereocenters. The molecule has 0 radical (unpaired) electrons. The Labute approximate surface area is 182 Å². The van der Waals surface area contributed by atoms with Gasteiger partial charge in [-0.2, -0.15) is 0 Å². The lowest BCUT2D eigenvalue weighted by Crippen LogP contribution is -2.49. The minimum atomic E-state index is -0.861. The summed E-state index contributed by atoms with van der Waals surface area (Å²) in [7, 11) is 1.20. The third-order valence-electron chi connectivity index (χ3n) is 6.30. The molecule has 1 fully saturated rings. The second-order valence-electron chi connectivity index (χ2n) is 8.01. The highest BCUT2D eigenvalue weighted by atomic mass is 16.5. The number of nitrogens with one attached hydrogen (secondary N) is 1. The Morgan fingerprint density at radius 3 is 2.42 bits per heavy atom. The maximum Gasteiger partial charge on any atom is 0.375 e. The smallest absolute Gasteiger partial charge is 0.375 e. The number of amides is 1. The minimum absolute atomic E-state index is 0.0500. The molecule has 0 aromatic heterocycles. The van der Waals surface area contributed by atoms with Crippen LogP contribution in [0.15, 0.2) is 48.5 Å². The number of piperazine rings is 1. The Bertz CT molecular complexity index is 984. The van der Waals surface area contributed by atoms with Crippen LogP contribution in [0.3, 0.4) is 0 Å². The highest BCUT2D eigenvalue weighted by molar-refractivity contribution is 6.36. The molecular formula is C24H27N3O4. The van der Waals surface area contributed by atoms with Crippen LogP contribution < -0.4 is 5.32 Å². The predicted molar refractivity (Wildman–Crippen MR) is 117 cm³/mol. The van der Waals surface area contributed by atoms with Crippen molar-refractivity contribution in [2.24, 2.45) is 0 Å². The van der Waals surface area contributed by atoms with Gasteiger partial charge in [-0.3, -0.25) is 14.5 Å². The van der Waals surface area contributed by atoms with Gasteiger partial charge in [0.15, 0.2) is 0 Å². The van der Waals surface area contributed by atoms with Crippen LogP contribution >= 0.6 is 0 Å². The van der Waals surface area contributed by atoms with Crippen molar-refractivity contribution in [3.63, 3.8) is 0 Å². The molecule has 31 heavy (non-hydrogen) atoms. The van der Waals surface area contributed by atoms with E-state index in [9.17, 15) is 14.4 Å². The molecule has 0 bridgehead atoms. The van der Waals surface area contributed by atoms with Gasteiger partial charge in [0.25, 0.3) is 5.91 Å². The molecule has 4 rings (SSSR count). The fourth-order valence-electron chi connectivity index (χ4n) is 4.38. The molecule has 2 atom stereocenters. The number of anilines is 1. The average molecular weight is 421 g/mol. The number of ketones is 1. The van der Waals surface area contributed by atoms with Crippen molar-refractivity contribution in [3.8, 4) is 0 Å². The molecule has 2 aromatic rings. The van der Waals surface area contributed by atoms with E-state index in [4.69, 9.17) is 0 Å². The van der Waals surface area contributed by atoms with Crippen molar-refractivity contribution >= 4 is 23.3 Å². The van der Waals surface area contributed by atoms with Gasteiger partial charge in [-0.25, -0.2) is 4.79 Å². The van der Waals surface area contributed by atoms with Crippen molar-refractivity contribution in [1.82, 2.24) is 9.80 Å². The number of Topliss-reactive ketones (excluding diaryl/α,β-unsaturated/α-hetero) is 1. The van der Waals surface area contributed by atoms with Crippen molar-refractivity contribution in [2.45, 2.75) is 18.9 Å². The third kappa shape index (κ3) is 4.18. The van der Waals surface area contributed by atoms with E-state index in [1.165, 1.54) is 12.7 Å². The number of carbonyl (C=O) groups is 3. The predicted octanol–water partition coefficient (Wildman–Crippen LogP) is 2.46. The number of methoxy groups -OCH3 is 1. The van der Waals surface area contributed by atoms with Crippen LogP contribution in [0.1, 0.15) is 40.4 Å². The molecule has 0 spiro atoms. The zero-order valence-electron chi connectivity index (χ0n) is 17.8. The quantitative estimate of drug-likeness (QED) is 0.590. The largest absolute Gasteiger partial charge is 0.463 e. The first-order chi connectivity index (χ1) is 15.0. The number of hydrogen-bond acceptors (Lipinski definition) is 6. The SMILES string of the molecule is COC(=O)C(=O)C1CNc2ccc(C(=O)N3CCN(C(C)c4ccccc4)CC3)cc21. The Morgan fingerprint density at radius 1 is 1.03 bits per heavy atom. The van der Waals surface area contributed by atoms with Gasteiger partial charge in [0.1, 0.15) is 0 Å². The second kappa shape index (κ2) is 8.89. The summed E-state index contributed by atoms with van der Waals surface area (Å²) in [6.45, 7) is 5.43. The lowest BCUT2D eigenvalue weighted by atomic mass is 9.95. The van der Waals surface area contributed by atoms with Crippen LogP contribution in [-0.2, 0) is 14.3 Å². The van der Waals surface area contributed by atoms with E-state index in [1.807, 2.05) is 23.1 Å². The van der Waals surface area contributed by atoms with Crippen LogP contribution in [0.5, 0.6) is 0 Å². The van der Waals surface area contributed by atoms with E-state index >= 15 is 0 Å². The van der Waals surface area contributed by atoms with Crippen LogP contribution in [0.25, 0.3) is 0 Å². The topological polar surface area (TPSA) is 78.9 Å². The summed E-state index contributed by atoms with van der Waals surface area (Å²) in [5.41, 5.74) is 3.27. The number of benzene rings is 2. The minimum Gasteiger partial charge on any atom is -0.463 e. The average Bonchev–Trinajstić information content (AvgIpc) is 3.26. The summed E-state index contributed by atoms with van der Waals surface area (Å²) < 4.78 is 4.58. The number of esters is 1. The molecule has 2 aliphatic rings. The number of fused-ring (bicyclic) bond motifs is 1. The standard InChI is InChI=1S/C24H27N3O4/c1-16(17-6-4-3-5-7-17)26-10-12-27(13-11-26)23(29)18-8-9-21-19(14-18)20(15-25-21)22(28)24(30)31-2/h3-9,14,16,20,25H,10-13,15H2,1-2H3. The summed E-state index contributed by atoms with van der Waals surface area (Å²) >= 11 is 0. The molecule has 2 aliphatic heterocycles. The molecule has 7 nitrogen and oxygen atoms in total. The van der Waals surface area contributed by atoms with Gasteiger partial charge < -0.3 is 15.0 Å². The molecule has 2 aromatic carbocycles. The summed E-state index contributed by atoms with van der Waals surface area (Å²) in [5, 5.41) is 3.13. The van der Waals surface area contributed by atoms with E-state index in [0.717, 1.165) is 18.8 Å². The van der Waals surface area contributed by atoms with Gasteiger partial charge in [-0.15, -0.1) is 0 Å². The lowest BCUT2D eigenvalue weighted by Gasteiger charge is -2.38. The first-order valence-electron chi connectivity index (χ1n) is 10.6. The van der Waals surface area contributed by atoms with Gasteiger partial charge in [0.05, 0.1) is 13.0 Å². The highest BCUT2D eigenvalue weighted by Crippen LogP contribution is 2.33. The van der Waals surface area contributed by atoms with E-state index in [1.54, 1.807) is 18.2 Å². The fourth-order valence-corrected chi connectivity index (χ4v) is 4.38. The van der Waals surface area contributed by atoms with E-state index in [-0.39, 0.29) is 5.91 Å². The molecule has 1 saturated heterocycles. The molecule has 0 saturated carbocycles. The molecule has 0 aliphatic carbocycles. The summed E-state index contributed by atoms with van der Waals surface area (Å²) in [6, 6.07) is 16.0. The zero-order chi connectivity index (χ0) is 22.0. The van der Waals surface area contributed by atoms with Crippen LogP contribution in [0, 0.1) is 0 Å². The van der Waals surface area contributed by atoms with E-state index in [0.29, 0.717) is 36.8 Å². The second-order valence-corrected chi connectivity index (χ2v) is 8.01. The number of nitrogens with zero attached hydrogens (tertiary/aromatic N) is 2. The van der Waals surface area contributed by atoms with Gasteiger partial charge in [-0.05, 0) is 36.2 Å². The fraction of sp³-hybridized carbons (Fsp3) is 0.375. The molecule has 1 N–H and O–H groups in total. The Kier molecular flexibility index (Phi) is 6.04. The van der Waals surface area contributed by atoms with Crippen LogP contribution in [0.4, 0.5) is 5.69 Å². The Balaban J connectivity index is 1.43. The Hall–Kier alpha value is -3.19. The van der Waals surface area contributed by atoms with Crippen molar-refractivity contribution in [1.29, 1.82) is 0 Å². The number of ether oxygens (including phenoxy) is 1.